The molecule has 1 spiro atoms. The number of carbonyl (C=O) groups excluding carboxylic acids is 2. The third-order valence-corrected chi connectivity index (χ3v) is 6.17. The molecule has 154 valence electrons. The minimum absolute atomic E-state index is 0.0676. The highest BCUT2D eigenvalue weighted by atomic mass is 16.5. The number of hydrogen-bond acceptors (Lipinski definition) is 6. The van der Waals surface area contributed by atoms with Gasteiger partial charge in [0.05, 0.1) is 24.1 Å². The van der Waals surface area contributed by atoms with E-state index in [0.29, 0.717) is 38.3 Å². The first-order chi connectivity index (χ1) is 14.0. The molecule has 2 aromatic heterocycles. The first-order valence-corrected chi connectivity index (χ1v) is 10.3. The zero-order valence-corrected chi connectivity index (χ0v) is 17.1. The smallest absolute Gasteiger partial charge is 0.276 e. The molecule has 2 fully saturated rings. The molecule has 2 aliphatic rings. The number of likely N-dealkylation sites (tertiary alicyclic amines) is 2. The molecule has 4 rings (SSSR count). The van der Waals surface area contributed by atoms with Gasteiger partial charge in [0.2, 0.25) is 5.91 Å². The lowest BCUT2D eigenvalue weighted by Crippen LogP contribution is -2.52. The fourth-order valence-electron chi connectivity index (χ4n) is 4.28. The predicted molar refractivity (Wildman–Crippen MR) is 105 cm³/mol. The Morgan fingerprint density at radius 3 is 2.66 bits per heavy atom. The lowest BCUT2D eigenvalue weighted by atomic mass is 9.72. The third kappa shape index (κ3) is 4.16. The summed E-state index contributed by atoms with van der Waals surface area (Å²) in [5.74, 6) is 0.829. The van der Waals surface area contributed by atoms with Crippen LogP contribution in [0.4, 0.5) is 0 Å². The van der Waals surface area contributed by atoms with Gasteiger partial charge in [-0.3, -0.25) is 19.6 Å². The topological polar surface area (TPSA) is 92.4 Å². The Labute approximate surface area is 170 Å². The average Bonchev–Trinajstić information content (AvgIpc) is 3.22. The number of nitrogens with zero attached hydrogens (tertiary/aromatic N) is 5. The van der Waals surface area contributed by atoms with Gasteiger partial charge >= 0.3 is 0 Å². The van der Waals surface area contributed by atoms with E-state index < -0.39 is 0 Å². The van der Waals surface area contributed by atoms with Crippen LogP contribution in [0.2, 0.25) is 0 Å². The van der Waals surface area contributed by atoms with Crippen molar-refractivity contribution in [3.63, 3.8) is 0 Å². The van der Waals surface area contributed by atoms with Crippen LogP contribution < -0.4 is 0 Å². The minimum Gasteiger partial charge on any atom is -0.361 e. The highest BCUT2D eigenvalue weighted by molar-refractivity contribution is 5.92. The number of aryl methyl sites for hydroxylation is 2. The second kappa shape index (κ2) is 7.93. The third-order valence-electron chi connectivity index (χ3n) is 6.17. The van der Waals surface area contributed by atoms with Crippen molar-refractivity contribution in [2.45, 2.75) is 52.5 Å². The van der Waals surface area contributed by atoms with E-state index in [1.54, 1.807) is 18.5 Å². The van der Waals surface area contributed by atoms with Crippen LogP contribution in [0.15, 0.2) is 23.0 Å². The van der Waals surface area contributed by atoms with Gasteiger partial charge in [0, 0.05) is 44.7 Å². The number of aromatic nitrogens is 3. The fraction of sp³-hybridized carbons (Fsp3) is 0.571. The molecule has 8 nitrogen and oxygen atoms in total. The van der Waals surface area contributed by atoms with Gasteiger partial charge in [-0.15, -0.1) is 0 Å². The van der Waals surface area contributed by atoms with Crippen LogP contribution in [0, 0.1) is 12.3 Å². The largest absolute Gasteiger partial charge is 0.361 e. The molecule has 2 amide bonds. The second-order valence-corrected chi connectivity index (χ2v) is 8.22. The van der Waals surface area contributed by atoms with Crippen molar-refractivity contribution in [1.82, 2.24) is 24.9 Å². The molecule has 29 heavy (non-hydrogen) atoms. The van der Waals surface area contributed by atoms with Crippen molar-refractivity contribution in [1.29, 1.82) is 0 Å². The summed E-state index contributed by atoms with van der Waals surface area (Å²) in [5.41, 5.74) is 2.13. The summed E-state index contributed by atoms with van der Waals surface area (Å²) in [6, 6.07) is 1.73. The van der Waals surface area contributed by atoms with Crippen molar-refractivity contribution in [3.05, 3.63) is 41.3 Å². The first-order valence-electron chi connectivity index (χ1n) is 10.3. The number of carbonyl (C=O) groups is 2. The van der Waals surface area contributed by atoms with Crippen LogP contribution in [0.5, 0.6) is 0 Å². The number of amides is 2. The van der Waals surface area contributed by atoms with Crippen molar-refractivity contribution < 1.29 is 14.1 Å². The molecule has 2 aliphatic heterocycles. The molecule has 0 saturated carbocycles. The second-order valence-electron chi connectivity index (χ2n) is 8.22. The van der Waals surface area contributed by atoms with Crippen molar-refractivity contribution in [2.75, 3.05) is 19.6 Å². The van der Waals surface area contributed by atoms with Gasteiger partial charge in [-0.1, -0.05) is 12.1 Å². The first kappa shape index (κ1) is 19.5. The Bertz CT molecular complexity index is 884. The molecule has 8 heteroatoms. The van der Waals surface area contributed by atoms with Crippen LogP contribution in [0.25, 0.3) is 0 Å². The Morgan fingerprint density at radius 1 is 1.21 bits per heavy atom. The van der Waals surface area contributed by atoms with E-state index >= 15 is 0 Å². The maximum absolute atomic E-state index is 12.7. The normalized spacial score (nSPS) is 19.0. The summed E-state index contributed by atoms with van der Waals surface area (Å²) in [5, 5.41) is 3.91. The molecule has 0 radical (unpaired) electrons. The Morgan fingerprint density at radius 2 is 2.00 bits per heavy atom. The molecular formula is C21H27N5O3. The zero-order valence-electron chi connectivity index (χ0n) is 17.1. The van der Waals surface area contributed by atoms with Gasteiger partial charge in [0.1, 0.15) is 5.76 Å². The van der Waals surface area contributed by atoms with Crippen LogP contribution in [0.1, 0.15) is 60.2 Å². The number of piperidine rings is 2. The molecule has 2 saturated heterocycles. The van der Waals surface area contributed by atoms with Crippen LogP contribution in [-0.2, 0) is 17.8 Å². The molecule has 0 atom stereocenters. The van der Waals surface area contributed by atoms with Crippen LogP contribution in [0.3, 0.4) is 0 Å². The summed E-state index contributed by atoms with van der Waals surface area (Å²) < 4.78 is 5.17. The standard InChI is InChI=1S/C21H27N5O3/c1-3-17-10-18(24-29-17)20(28)25-8-6-21(7-9-25)5-4-19(27)26(14-21)13-16-12-22-15(2)11-23-16/h10-12H,3-9,13-14H2,1-2H3. The quantitative estimate of drug-likeness (QED) is 0.786. The fourth-order valence-corrected chi connectivity index (χ4v) is 4.28. The van der Waals surface area contributed by atoms with Gasteiger partial charge in [0.15, 0.2) is 5.69 Å². The highest BCUT2D eigenvalue weighted by Crippen LogP contribution is 2.40. The lowest BCUT2D eigenvalue weighted by molar-refractivity contribution is -0.139. The van der Waals surface area contributed by atoms with E-state index in [1.807, 2.05) is 23.6 Å². The van der Waals surface area contributed by atoms with E-state index in [2.05, 4.69) is 15.1 Å². The van der Waals surface area contributed by atoms with E-state index in [4.69, 9.17) is 4.52 Å². The van der Waals surface area contributed by atoms with Gasteiger partial charge in [-0.05, 0) is 31.6 Å². The monoisotopic (exact) mass is 397 g/mol. The van der Waals surface area contributed by atoms with Crippen molar-refractivity contribution in [3.8, 4) is 0 Å². The van der Waals surface area contributed by atoms with Crippen LogP contribution in [-0.4, -0.2) is 56.4 Å². The zero-order chi connectivity index (χ0) is 20.4. The molecule has 0 N–H and O–H groups in total. The minimum atomic E-state index is -0.0676. The number of hydrogen-bond donors (Lipinski definition) is 0. The Kier molecular flexibility index (Phi) is 5.34. The van der Waals surface area contributed by atoms with E-state index in [9.17, 15) is 9.59 Å². The van der Waals surface area contributed by atoms with Crippen LogP contribution >= 0.6 is 0 Å². The summed E-state index contributed by atoms with van der Waals surface area (Å²) in [6.07, 6.45) is 7.41. The van der Waals surface area contributed by atoms with E-state index in [1.165, 1.54) is 0 Å². The molecule has 0 aromatic carbocycles. The molecule has 2 aromatic rings. The predicted octanol–water partition coefficient (Wildman–Crippen LogP) is 2.38. The Hall–Kier alpha value is -2.77. The summed E-state index contributed by atoms with van der Waals surface area (Å²) >= 11 is 0. The van der Waals surface area contributed by atoms with Gasteiger partial charge in [0.25, 0.3) is 5.91 Å². The number of rotatable bonds is 4. The average molecular weight is 397 g/mol. The van der Waals surface area contributed by atoms with Gasteiger partial charge in [-0.2, -0.15) is 0 Å². The van der Waals surface area contributed by atoms with Gasteiger partial charge in [-0.25, -0.2) is 0 Å². The summed E-state index contributed by atoms with van der Waals surface area (Å²) in [6.45, 7) is 6.44. The summed E-state index contributed by atoms with van der Waals surface area (Å²) in [7, 11) is 0. The van der Waals surface area contributed by atoms with Gasteiger partial charge < -0.3 is 14.3 Å². The van der Waals surface area contributed by atoms with Crippen molar-refractivity contribution >= 4 is 11.8 Å². The highest BCUT2D eigenvalue weighted by Gasteiger charge is 2.42. The van der Waals surface area contributed by atoms with E-state index in [0.717, 1.165) is 42.8 Å². The molecule has 0 aliphatic carbocycles. The Balaban J connectivity index is 1.38. The lowest BCUT2D eigenvalue weighted by Gasteiger charge is -2.47. The molecular weight excluding hydrogens is 370 g/mol. The summed E-state index contributed by atoms with van der Waals surface area (Å²) in [4.78, 5) is 37.6. The SMILES string of the molecule is CCc1cc(C(=O)N2CCC3(CCC(=O)N(Cc4cnc(C)cn4)C3)CC2)no1. The molecule has 0 unspecified atom stereocenters. The maximum Gasteiger partial charge on any atom is 0.276 e. The molecule has 4 heterocycles. The maximum atomic E-state index is 12.7. The van der Waals surface area contributed by atoms with E-state index in [-0.39, 0.29) is 17.2 Å². The molecule has 0 bridgehead atoms. The van der Waals surface area contributed by atoms with Crippen molar-refractivity contribution in [2.24, 2.45) is 5.41 Å².